The molecule has 1 aromatic rings. The monoisotopic (exact) mass is 270 g/mol. The molecule has 0 N–H and O–H groups in total. The first-order valence-corrected chi connectivity index (χ1v) is 6.68. The van der Waals surface area contributed by atoms with E-state index in [0.717, 1.165) is 16.7 Å². The Morgan fingerprint density at radius 1 is 1.53 bits per heavy atom. The van der Waals surface area contributed by atoms with Gasteiger partial charge in [0.15, 0.2) is 0 Å². The maximum Gasteiger partial charge on any atom is 0.0521 e. The molecule has 1 aliphatic rings. The number of aromatic nitrogens is 2. The Hall–Kier alpha value is -0.310. The van der Waals surface area contributed by atoms with Crippen molar-refractivity contribution in [2.75, 3.05) is 0 Å². The summed E-state index contributed by atoms with van der Waals surface area (Å²) in [4.78, 5) is 0.732. The second-order valence-corrected chi connectivity index (χ2v) is 6.17. The Labute approximate surface area is 100 Å². The van der Waals surface area contributed by atoms with E-state index >= 15 is 0 Å². The normalized spacial score (nSPS) is 31.8. The summed E-state index contributed by atoms with van der Waals surface area (Å²) in [5.41, 5.74) is 1.39. The third-order valence-electron chi connectivity index (χ3n) is 3.55. The van der Waals surface area contributed by atoms with Crippen molar-refractivity contribution in [1.29, 1.82) is 0 Å². The van der Waals surface area contributed by atoms with Crippen molar-refractivity contribution in [2.45, 2.75) is 37.4 Å². The largest absolute Gasteiger partial charge is 0.276 e. The molecule has 1 saturated carbocycles. The van der Waals surface area contributed by atoms with Crippen LogP contribution in [0, 0.1) is 11.8 Å². The Morgan fingerprint density at radius 2 is 2.33 bits per heavy atom. The first-order valence-electron chi connectivity index (χ1n) is 5.76. The van der Waals surface area contributed by atoms with Crippen LogP contribution in [0.2, 0.25) is 0 Å². The molecule has 2 rings (SSSR count). The Bertz CT molecular complexity index is 321. The Kier molecular flexibility index (Phi) is 3.49. The van der Waals surface area contributed by atoms with E-state index in [1.807, 2.05) is 17.9 Å². The molecule has 1 fully saturated rings. The molecule has 15 heavy (non-hydrogen) atoms. The number of alkyl halides is 1. The van der Waals surface area contributed by atoms with Crippen LogP contribution >= 0.6 is 15.9 Å². The number of hydrogen-bond acceptors (Lipinski definition) is 1. The van der Waals surface area contributed by atoms with Gasteiger partial charge in [-0.3, -0.25) is 4.68 Å². The van der Waals surface area contributed by atoms with Crippen LogP contribution in [-0.2, 0) is 13.5 Å². The zero-order valence-corrected chi connectivity index (χ0v) is 11.1. The zero-order chi connectivity index (χ0) is 10.8. The van der Waals surface area contributed by atoms with Gasteiger partial charge in [-0.2, -0.15) is 5.10 Å². The van der Waals surface area contributed by atoms with Crippen molar-refractivity contribution < 1.29 is 0 Å². The standard InChI is InChI=1S/C12H19BrN2/c1-9-3-4-12(13)6-11(9)5-10-7-14-15(2)8-10/h7-9,11-12H,3-6H2,1-2H3. The summed E-state index contributed by atoms with van der Waals surface area (Å²) in [5.74, 6) is 1.69. The van der Waals surface area contributed by atoms with Gasteiger partial charge in [-0.05, 0) is 43.1 Å². The van der Waals surface area contributed by atoms with Crippen molar-refractivity contribution in [2.24, 2.45) is 18.9 Å². The molecule has 1 aromatic heterocycles. The highest BCUT2D eigenvalue weighted by atomic mass is 79.9. The van der Waals surface area contributed by atoms with Crippen molar-refractivity contribution in [3.63, 3.8) is 0 Å². The average Bonchev–Trinajstić information content (AvgIpc) is 2.58. The van der Waals surface area contributed by atoms with Crippen LogP contribution in [0.3, 0.4) is 0 Å². The van der Waals surface area contributed by atoms with Gasteiger partial charge in [0, 0.05) is 18.1 Å². The SMILES string of the molecule is CC1CCC(Br)CC1Cc1cnn(C)c1. The van der Waals surface area contributed by atoms with E-state index in [4.69, 9.17) is 0 Å². The predicted molar refractivity (Wildman–Crippen MR) is 66.1 cm³/mol. The van der Waals surface area contributed by atoms with E-state index in [0.29, 0.717) is 0 Å². The average molecular weight is 271 g/mol. The molecule has 84 valence electrons. The van der Waals surface area contributed by atoms with Crippen molar-refractivity contribution in [3.05, 3.63) is 18.0 Å². The van der Waals surface area contributed by atoms with Gasteiger partial charge < -0.3 is 0 Å². The Morgan fingerprint density at radius 3 is 3.00 bits per heavy atom. The molecule has 3 atom stereocenters. The van der Waals surface area contributed by atoms with E-state index < -0.39 is 0 Å². The molecule has 0 amide bonds. The molecule has 3 unspecified atom stereocenters. The molecule has 0 aliphatic heterocycles. The van der Waals surface area contributed by atoms with Crippen molar-refractivity contribution in [3.8, 4) is 0 Å². The van der Waals surface area contributed by atoms with Crippen LogP contribution in [0.25, 0.3) is 0 Å². The quantitative estimate of drug-likeness (QED) is 0.755. The summed E-state index contributed by atoms with van der Waals surface area (Å²) in [6.45, 7) is 2.39. The maximum absolute atomic E-state index is 4.23. The topological polar surface area (TPSA) is 17.8 Å². The zero-order valence-electron chi connectivity index (χ0n) is 9.49. The highest BCUT2D eigenvalue weighted by molar-refractivity contribution is 9.09. The maximum atomic E-state index is 4.23. The lowest BCUT2D eigenvalue weighted by atomic mass is 9.77. The van der Waals surface area contributed by atoms with Crippen LogP contribution in [-0.4, -0.2) is 14.6 Å². The van der Waals surface area contributed by atoms with E-state index in [1.165, 1.54) is 31.2 Å². The first-order chi connectivity index (χ1) is 7.15. The highest BCUT2D eigenvalue weighted by Crippen LogP contribution is 2.35. The van der Waals surface area contributed by atoms with Crippen LogP contribution in [0.4, 0.5) is 0 Å². The summed E-state index contributed by atoms with van der Waals surface area (Å²) < 4.78 is 1.90. The minimum Gasteiger partial charge on any atom is -0.276 e. The molecule has 2 nitrogen and oxygen atoms in total. The van der Waals surface area contributed by atoms with E-state index in [2.05, 4.69) is 34.1 Å². The van der Waals surface area contributed by atoms with Crippen LogP contribution in [0.1, 0.15) is 31.7 Å². The Balaban J connectivity index is 1.98. The summed E-state index contributed by atoms with van der Waals surface area (Å²) in [5, 5.41) is 4.23. The second-order valence-electron chi connectivity index (χ2n) is 4.87. The summed E-state index contributed by atoms with van der Waals surface area (Å²) >= 11 is 3.75. The van der Waals surface area contributed by atoms with E-state index in [1.54, 1.807) is 0 Å². The third kappa shape index (κ3) is 2.83. The van der Waals surface area contributed by atoms with E-state index in [-0.39, 0.29) is 0 Å². The summed E-state index contributed by atoms with van der Waals surface area (Å²) in [6.07, 6.45) is 9.36. The van der Waals surface area contributed by atoms with Gasteiger partial charge in [0.25, 0.3) is 0 Å². The molecule has 1 heterocycles. The number of halogens is 1. The van der Waals surface area contributed by atoms with Gasteiger partial charge in [0.2, 0.25) is 0 Å². The van der Waals surface area contributed by atoms with Gasteiger partial charge in [-0.25, -0.2) is 0 Å². The fourth-order valence-corrected chi connectivity index (χ4v) is 3.27. The summed E-state index contributed by atoms with van der Waals surface area (Å²) in [7, 11) is 1.99. The van der Waals surface area contributed by atoms with Gasteiger partial charge in [-0.1, -0.05) is 22.9 Å². The van der Waals surface area contributed by atoms with Crippen molar-refractivity contribution >= 4 is 15.9 Å². The fraction of sp³-hybridized carbons (Fsp3) is 0.750. The summed E-state index contributed by atoms with van der Waals surface area (Å²) in [6, 6.07) is 0. The highest BCUT2D eigenvalue weighted by Gasteiger charge is 2.26. The molecule has 0 saturated heterocycles. The molecule has 0 aromatic carbocycles. The molecular weight excluding hydrogens is 252 g/mol. The van der Waals surface area contributed by atoms with Crippen LogP contribution < -0.4 is 0 Å². The molecule has 0 spiro atoms. The first kappa shape index (κ1) is 11.2. The van der Waals surface area contributed by atoms with E-state index in [9.17, 15) is 0 Å². The number of hydrogen-bond donors (Lipinski definition) is 0. The van der Waals surface area contributed by atoms with Crippen molar-refractivity contribution in [1.82, 2.24) is 9.78 Å². The third-order valence-corrected chi connectivity index (χ3v) is 4.39. The minimum atomic E-state index is 0.732. The number of aryl methyl sites for hydroxylation is 1. The lowest BCUT2D eigenvalue weighted by molar-refractivity contribution is 0.263. The lowest BCUT2D eigenvalue weighted by Crippen LogP contribution is -2.24. The second kappa shape index (κ2) is 4.69. The fourth-order valence-electron chi connectivity index (χ4n) is 2.52. The molecule has 1 aliphatic carbocycles. The van der Waals surface area contributed by atoms with Crippen LogP contribution in [0.15, 0.2) is 12.4 Å². The van der Waals surface area contributed by atoms with Gasteiger partial charge in [0.1, 0.15) is 0 Å². The molecule has 0 bridgehead atoms. The molecule has 0 radical (unpaired) electrons. The minimum absolute atomic E-state index is 0.732. The van der Waals surface area contributed by atoms with Gasteiger partial charge in [0.05, 0.1) is 6.20 Å². The van der Waals surface area contributed by atoms with Crippen LogP contribution in [0.5, 0.6) is 0 Å². The number of rotatable bonds is 2. The molecule has 3 heteroatoms. The smallest absolute Gasteiger partial charge is 0.0521 e. The van der Waals surface area contributed by atoms with Gasteiger partial charge >= 0.3 is 0 Å². The predicted octanol–water partition coefficient (Wildman–Crippen LogP) is 3.16. The number of nitrogens with zero attached hydrogens (tertiary/aromatic N) is 2. The van der Waals surface area contributed by atoms with Gasteiger partial charge in [-0.15, -0.1) is 0 Å². The molecular formula is C12H19BrN2. The lowest BCUT2D eigenvalue weighted by Gasteiger charge is -2.31.